The Bertz CT molecular complexity index is 626. The summed E-state index contributed by atoms with van der Waals surface area (Å²) in [6, 6.07) is 11.2. The zero-order chi connectivity index (χ0) is 14.5. The average molecular weight is 272 g/mol. The number of carbonyl (C=O) groups excluding carboxylic acids is 1. The fourth-order valence-electron chi connectivity index (χ4n) is 1.86. The second-order valence-electron chi connectivity index (χ2n) is 4.51. The summed E-state index contributed by atoms with van der Waals surface area (Å²) in [6.45, 7) is 0.203. The van der Waals surface area contributed by atoms with Gasteiger partial charge in [0, 0.05) is 17.8 Å². The van der Waals surface area contributed by atoms with Gasteiger partial charge in [0.2, 0.25) is 5.91 Å². The average Bonchev–Trinajstić information content (AvgIpc) is 2.40. The van der Waals surface area contributed by atoms with Crippen LogP contribution in [0.15, 0.2) is 42.5 Å². The minimum absolute atomic E-state index is 0.0943. The molecular weight excluding hydrogens is 256 g/mol. The van der Waals surface area contributed by atoms with Crippen molar-refractivity contribution in [1.29, 1.82) is 0 Å². The van der Waals surface area contributed by atoms with E-state index in [0.29, 0.717) is 11.3 Å². The first kappa shape index (κ1) is 13.7. The lowest BCUT2D eigenvalue weighted by Gasteiger charge is -2.08. The molecule has 2 aromatic rings. The lowest BCUT2D eigenvalue weighted by Crippen LogP contribution is -2.24. The molecule has 0 bridgehead atoms. The van der Waals surface area contributed by atoms with E-state index in [9.17, 15) is 15.0 Å². The van der Waals surface area contributed by atoms with Gasteiger partial charge in [-0.1, -0.05) is 12.1 Å². The maximum absolute atomic E-state index is 11.8. The summed E-state index contributed by atoms with van der Waals surface area (Å²) in [7, 11) is 0. The molecule has 0 aromatic heterocycles. The predicted molar refractivity (Wildman–Crippen MR) is 76.2 cm³/mol. The van der Waals surface area contributed by atoms with Crippen molar-refractivity contribution >= 4 is 11.6 Å². The summed E-state index contributed by atoms with van der Waals surface area (Å²) < 4.78 is 0. The lowest BCUT2D eigenvalue weighted by molar-refractivity contribution is -0.120. The quantitative estimate of drug-likeness (QED) is 0.501. The van der Waals surface area contributed by atoms with E-state index < -0.39 is 0 Å². The molecule has 5 heteroatoms. The van der Waals surface area contributed by atoms with Crippen molar-refractivity contribution in [3.63, 3.8) is 0 Å². The number of anilines is 1. The van der Waals surface area contributed by atoms with E-state index in [-0.39, 0.29) is 30.4 Å². The van der Waals surface area contributed by atoms with Crippen LogP contribution in [0, 0.1) is 0 Å². The van der Waals surface area contributed by atoms with E-state index in [1.165, 1.54) is 12.1 Å². The third kappa shape index (κ3) is 3.65. The third-order valence-electron chi connectivity index (χ3n) is 2.85. The molecule has 104 valence electrons. The molecule has 0 atom stereocenters. The molecule has 0 fully saturated rings. The number of rotatable bonds is 4. The highest BCUT2D eigenvalue weighted by Gasteiger charge is 2.06. The number of phenols is 2. The van der Waals surface area contributed by atoms with Crippen molar-refractivity contribution in [2.24, 2.45) is 0 Å². The van der Waals surface area contributed by atoms with E-state index in [1.807, 2.05) is 0 Å². The van der Waals surface area contributed by atoms with Gasteiger partial charge in [0.15, 0.2) is 0 Å². The van der Waals surface area contributed by atoms with Gasteiger partial charge in [0.05, 0.1) is 6.42 Å². The van der Waals surface area contributed by atoms with Gasteiger partial charge in [-0.2, -0.15) is 0 Å². The summed E-state index contributed by atoms with van der Waals surface area (Å²) >= 11 is 0. The van der Waals surface area contributed by atoms with Crippen LogP contribution < -0.4 is 11.1 Å². The molecule has 0 aliphatic rings. The number of phenolic OH excluding ortho intramolecular Hbond substituents is 2. The second kappa shape index (κ2) is 5.97. The van der Waals surface area contributed by atoms with E-state index in [4.69, 9.17) is 5.73 Å². The summed E-state index contributed by atoms with van der Waals surface area (Å²) in [5.74, 6) is 0.0260. The minimum Gasteiger partial charge on any atom is -0.508 e. The highest BCUT2D eigenvalue weighted by atomic mass is 16.3. The topological polar surface area (TPSA) is 95.6 Å². The van der Waals surface area contributed by atoms with Crippen LogP contribution in [0.3, 0.4) is 0 Å². The van der Waals surface area contributed by atoms with E-state index >= 15 is 0 Å². The number of amides is 1. The monoisotopic (exact) mass is 272 g/mol. The van der Waals surface area contributed by atoms with Crippen molar-refractivity contribution in [3.05, 3.63) is 53.6 Å². The van der Waals surface area contributed by atoms with Crippen molar-refractivity contribution < 1.29 is 15.0 Å². The van der Waals surface area contributed by atoms with Crippen molar-refractivity contribution in [3.8, 4) is 11.5 Å². The second-order valence-corrected chi connectivity index (χ2v) is 4.51. The first-order chi connectivity index (χ1) is 9.54. The van der Waals surface area contributed by atoms with E-state index in [2.05, 4.69) is 5.32 Å². The zero-order valence-electron chi connectivity index (χ0n) is 10.8. The Morgan fingerprint density at radius 2 is 1.95 bits per heavy atom. The summed E-state index contributed by atoms with van der Waals surface area (Å²) in [5.41, 5.74) is 7.44. The van der Waals surface area contributed by atoms with Crippen LogP contribution in [-0.4, -0.2) is 16.1 Å². The van der Waals surface area contributed by atoms with Gasteiger partial charge in [-0.15, -0.1) is 0 Å². The molecule has 0 spiro atoms. The Kier molecular flexibility index (Phi) is 4.10. The van der Waals surface area contributed by atoms with Gasteiger partial charge >= 0.3 is 0 Å². The molecule has 0 heterocycles. The van der Waals surface area contributed by atoms with Crippen molar-refractivity contribution in [2.75, 3.05) is 5.73 Å². The smallest absolute Gasteiger partial charge is 0.224 e. The molecular formula is C15H16N2O3. The molecule has 5 nitrogen and oxygen atoms in total. The van der Waals surface area contributed by atoms with Crippen LogP contribution in [0.1, 0.15) is 11.1 Å². The highest BCUT2D eigenvalue weighted by molar-refractivity contribution is 5.78. The molecule has 0 unspecified atom stereocenters. The number of carbonyl (C=O) groups is 1. The molecule has 0 radical (unpaired) electrons. The fourth-order valence-corrected chi connectivity index (χ4v) is 1.86. The van der Waals surface area contributed by atoms with Crippen molar-refractivity contribution in [2.45, 2.75) is 13.0 Å². The number of benzene rings is 2. The minimum atomic E-state index is -0.197. The Morgan fingerprint density at radius 1 is 1.15 bits per heavy atom. The van der Waals surface area contributed by atoms with Crippen LogP contribution in [0.25, 0.3) is 0 Å². The molecule has 1 amide bonds. The maximum Gasteiger partial charge on any atom is 0.224 e. The Balaban J connectivity index is 1.94. The van der Waals surface area contributed by atoms with Gasteiger partial charge in [0.25, 0.3) is 0 Å². The van der Waals surface area contributed by atoms with Crippen molar-refractivity contribution in [1.82, 2.24) is 5.32 Å². The molecule has 5 N–H and O–H groups in total. The van der Waals surface area contributed by atoms with Gasteiger partial charge in [0.1, 0.15) is 11.5 Å². The number of nitrogens with one attached hydrogen (secondary N) is 1. The molecule has 0 saturated carbocycles. The molecule has 0 saturated heterocycles. The molecule has 0 aliphatic carbocycles. The standard InChI is InChI=1S/C15H16N2O3/c16-12-4-5-14(19)11(8-12)9-17-15(20)7-10-2-1-3-13(18)6-10/h1-6,8,18-19H,7,9,16H2,(H,17,20). The molecule has 2 rings (SSSR count). The lowest BCUT2D eigenvalue weighted by atomic mass is 10.1. The molecule has 0 aliphatic heterocycles. The Morgan fingerprint density at radius 3 is 2.70 bits per heavy atom. The number of hydrogen-bond donors (Lipinski definition) is 4. The van der Waals surface area contributed by atoms with Crippen LogP contribution in [0.5, 0.6) is 11.5 Å². The summed E-state index contributed by atoms with van der Waals surface area (Å²) in [5, 5.41) is 21.7. The Hall–Kier alpha value is -2.69. The molecule has 20 heavy (non-hydrogen) atoms. The maximum atomic E-state index is 11.8. The SMILES string of the molecule is Nc1ccc(O)c(CNC(=O)Cc2cccc(O)c2)c1. The van der Waals surface area contributed by atoms with Gasteiger partial charge in [-0.3, -0.25) is 4.79 Å². The number of nitrogen functional groups attached to an aromatic ring is 1. The van der Waals surface area contributed by atoms with Gasteiger partial charge < -0.3 is 21.3 Å². The van der Waals surface area contributed by atoms with E-state index in [0.717, 1.165) is 5.56 Å². The number of aromatic hydroxyl groups is 2. The van der Waals surface area contributed by atoms with Crippen LogP contribution in [0.2, 0.25) is 0 Å². The highest BCUT2D eigenvalue weighted by Crippen LogP contribution is 2.19. The van der Waals surface area contributed by atoms with Gasteiger partial charge in [-0.05, 0) is 35.9 Å². The normalized spacial score (nSPS) is 10.2. The first-order valence-corrected chi connectivity index (χ1v) is 6.16. The predicted octanol–water partition coefficient (Wildman–Crippen LogP) is 1.54. The molecule has 2 aromatic carbocycles. The van der Waals surface area contributed by atoms with E-state index in [1.54, 1.807) is 30.3 Å². The largest absolute Gasteiger partial charge is 0.508 e. The van der Waals surface area contributed by atoms with Crippen LogP contribution in [-0.2, 0) is 17.8 Å². The Labute approximate surface area is 116 Å². The zero-order valence-corrected chi connectivity index (χ0v) is 10.8. The summed E-state index contributed by atoms with van der Waals surface area (Å²) in [6.07, 6.45) is 0.164. The third-order valence-corrected chi connectivity index (χ3v) is 2.85. The van der Waals surface area contributed by atoms with Crippen LogP contribution >= 0.6 is 0 Å². The fraction of sp³-hybridized carbons (Fsp3) is 0.133. The summed E-state index contributed by atoms with van der Waals surface area (Å²) in [4.78, 5) is 11.8. The van der Waals surface area contributed by atoms with Crippen LogP contribution in [0.4, 0.5) is 5.69 Å². The first-order valence-electron chi connectivity index (χ1n) is 6.16. The number of nitrogens with two attached hydrogens (primary N) is 1. The number of hydrogen-bond acceptors (Lipinski definition) is 4. The van der Waals surface area contributed by atoms with Gasteiger partial charge in [-0.25, -0.2) is 0 Å².